The van der Waals surface area contributed by atoms with E-state index < -0.39 is 0 Å². The zero-order valence-corrected chi connectivity index (χ0v) is 16.0. The van der Waals surface area contributed by atoms with Crippen molar-refractivity contribution in [1.82, 2.24) is 0 Å². The molecular formula is C21H26N4O. The van der Waals surface area contributed by atoms with E-state index in [-0.39, 0.29) is 17.1 Å². The van der Waals surface area contributed by atoms with Gasteiger partial charge in [0.1, 0.15) is 5.75 Å². The van der Waals surface area contributed by atoms with Crippen LogP contribution >= 0.6 is 0 Å². The Bertz CT molecular complexity index is 857. The molecule has 1 N–H and O–H groups in total. The van der Waals surface area contributed by atoms with Crippen LogP contribution in [0.3, 0.4) is 0 Å². The molecule has 1 aliphatic carbocycles. The molecule has 1 saturated heterocycles. The first-order chi connectivity index (χ1) is 12.3. The van der Waals surface area contributed by atoms with Crippen molar-refractivity contribution >= 4 is 23.8 Å². The Labute approximate surface area is 155 Å². The van der Waals surface area contributed by atoms with Crippen LogP contribution < -0.4 is 4.90 Å². The number of aromatic hydroxyl groups is 1. The fourth-order valence-corrected chi connectivity index (χ4v) is 4.37. The Kier molecular flexibility index (Phi) is 4.62. The molecule has 0 spiro atoms. The molecule has 1 aromatic carbocycles. The summed E-state index contributed by atoms with van der Waals surface area (Å²) >= 11 is 0. The van der Waals surface area contributed by atoms with Crippen LogP contribution in [0.2, 0.25) is 0 Å². The molecule has 0 radical (unpaired) electrons. The van der Waals surface area contributed by atoms with Gasteiger partial charge in [0, 0.05) is 37.0 Å². The van der Waals surface area contributed by atoms with Gasteiger partial charge in [-0.1, -0.05) is 13.8 Å². The number of hydrogen-bond acceptors (Lipinski definition) is 5. The van der Waals surface area contributed by atoms with Gasteiger partial charge in [-0.2, -0.15) is 5.26 Å². The average Bonchev–Trinajstić information content (AvgIpc) is 3.07. The van der Waals surface area contributed by atoms with E-state index in [1.165, 1.54) is 0 Å². The second-order valence-corrected chi connectivity index (χ2v) is 7.77. The third-order valence-corrected chi connectivity index (χ3v) is 5.59. The Hall–Kier alpha value is -2.61. The van der Waals surface area contributed by atoms with Gasteiger partial charge in [0.2, 0.25) is 0 Å². The van der Waals surface area contributed by atoms with E-state index in [4.69, 9.17) is 0 Å². The van der Waals surface area contributed by atoms with Gasteiger partial charge in [-0.3, -0.25) is 9.98 Å². The Morgan fingerprint density at radius 2 is 2.15 bits per heavy atom. The molecule has 1 atom stereocenters. The third-order valence-electron chi connectivity index (χ3n) is 5.59. The molecule has 3 rings (SSSR count). The van der Waals surface area contributed by atoms with E-state index in [2.05, 4.69) is 41.5 Å². The minimum atomic E-state index is -0.177. The number of nitrogens with zero attached hydrogens (tertiary/aromatic N) is 4. The number of allylic oxidation sites excluding steroid dienone is 1. The minimum Gasteiger partial charge on any atom is -0.506 e. The summed E-state index contributed by atoms with van der Waals surface area (Å²) in [5, 5.41) is 19.9. The predicted molar refractivity (Wildman–Crippen MR) is 107 cm³/mol. The quantitative estimate of drug-likeness (QED) is 0.842. The highest BCUT2D eigenvalue weighted by atomic mass is 16.3. The summed E-state index contributed by atoms with van der Waals surface area (Å²) in [5.41, 5.74) is 5.67. The Morgan fingerprint density at radius 1 is 1.42 bits per heavy atom. The first-order valence-electron chi connectivity index (χ1n) is 8.99. The van der Waals surface area contributed by atoms with Crippen LogP contribution in [0.25, 0.3) is 5.70 Å². The number of aliphatic imine (C=N–C) groups is 2. The van der Waals surface area contributed by atoms with E-state index in [1.807, 2.05) is 13.0 Å². The average molecular weight is 350 g/mol. The van der Waals surface area contributed by atoms with Gasteiger partial charge < -0.3 is 10.0 Å². The molecule has 26 heavy (non-hydrogen) atoms. The monoisotopic (exact) mass is 350 g/mol. The number of hydrogen-bond donors (Lipinski definition) is 1. The van der Waals surface area contributed by atoms with Crippen molar-refractivity contribution in [3.05, 3.63) is 28.8 Å². The number of anilines is 1. The SMILES string of the molecule is C=NC1=C(C(C)=NC)C(C)(C)Cc2c1ccc(O)c2N1CCC(C#N)C1. The third kappa shape index (κ3) is 2.80. The van der Waals surface area contributed by atoms with Crippen LogP contribution in [0.5, 0.6) is 5.75 Å². The summed E-state index contributed by atoms with van der Waals surface area (Å²) in [6, 6.07) is 6.01. The lowest BCUT2D eigenvalue weighted by Crippen LogP contribution is -2.30. The molecule has 0 aromatic heterocycles. The predicted octanol–water partition coefficient (Wildman–Crippen LogP) is 3.83. The molecule has 0 bridgehead atoms. The van der Waals surface area contributed by atoms with Crippen molar-refractivity contribution in [1.29, 1.82) is 5.26 Å². The number of fused-ring (bicyclic) bond motifs is 1. The largest absolute Gasteiger partial charge is 0.506 e. The van der Waals surface area contributed by atoms with E-state index in [9.17, 15) is 10.4 Å². The maximum atomic E-state index is 10.6. The summed E-state index contributed by atoms with van der Waals surface area (Å²) in [7, 11) is 1.79. The molecule has 1 fully saturated rings. The highest BCUT2D eigenvalue weighted by molar-refractivity contribution is 6.07. The number of phenolic OH excluding ortho intramolecular Hbond substituents is 1. The number of nitriles is 1. The van der Waals surface area contributed by atoms with Crippen molar-refractivity contribution in [2.45, 2.75) is 33.6 Å². The van der Waals surface area contributed by atoms with Gasteiger partial charge in [-0.15, -0.1) is 0 Å². The maximum Gasteiger partial charge on any atom is 0.139 e. The Morgan fingerprint density at radius 3 is 2.73 bits per heavy atom. The maximum absolute atomic E-state index is 10.6. The van der Waals surface area contributed by atoms with Gasteiger partial charge in [-0.25, -0.2) is 0 Å². The van der Waals surface area contributed by atoms with Crippen molar-refractivity contribution < 1.29 is 5.11 Å². The molecule has 1 heterocycles. The molecule has 5 nitrogen and oxygen atoms in total. The summed E-state index contributed by atoms with van der Waals surface area (Å²) in [6.07, 6.45) is 1.61. The Balaban J connectivity index is 2.23. The van der Waals surface area contributed by atoms with Crippen LogP contribution in [0.4, 0.5) is 5.69 Å². The summed E-state index contributed by atoms with van der Waals surface area (Å²) < 4.78 is 0. The first-order valence-corrected chi connectivity index (χ1v) is 8.99. The highest BCUT2D eigenvalue weighted by Gasteiger charge is 2.38. The molecule has 0 amide bonds. The lowest BCUT2D eigenvalue weighted by Gasteiger charge is -2.37. The second kappa shape index (κ2) is 6.60. The molecule has 136 valence electrons. The smallest absolute Gasteiger partial charge is 0.139 e. The molecule has 0 saturated carbocycles. The lowest BCUT2D eigenvalue weighted by molar-refractivity contribution is 0.447. The van der Waals surface area contributed by atoms with Crippen LogP contribution in [-0.2, 0) is 6.42 Å². The van der Waals surface area contributed by atoms with E-state index in [1.54, 1.807) is 13.1 Å². The number of phenols is 1. The number of rotatable bonds is 3. The lowest BCUT2D eigenvalue weighted by atomic mass is 9.69. The summed E-state index contributed by atoms with van der Waals surface area (Å²) in [5.74, 6) is 0.283. The van der Waals surface area contributed by atoms with Gasteiger partial charge in [0.05, 0.1) is 23.4 Å². The molecule has 1 unspecified atom stereocenters. The second-order valence-electron chi connectivity index (χ2n) is 7.77. The van der Waals surface area contributed by atoms with Crippen LogP contribution in [-0.4, -0.2) is 37.7 Å². The molecule has 5 heteroatoms. The molecular weight excluding hydrogens is 324 g/mol. The summed E-state index contributed by atoms with van der Waals surface area (Å²) in [6.45, 7) is 11.6. The van der Waals surface area contributed by atoms with Crippen molar-refractivity contribution in [3.8, 4) is 11.8 Å². The topological polar surface area (TPSA) is 72.0 Å². The van der Waals surface area contributed by atoms with Crippen molar-refractivity contribution in [3.63, 3.8) is 0 Å². The minimum absolute atomic E-state index is 0.0134. The van der Waals surface area contributed by atoms with Crippen molar-refractivity contribution in [2.24, 2.45) is 21.3 Å². The van der Waals surface area contributed by atoms with Gasteiger partial charge in [0.25, 0.3) is 0 Å². The molecule has 1 aliphatic heterocycles. The zero-order valence-electron chi connectivity index (χ0n) is 16.0. The van der Waals surface area contributed by atoms with Gasteiger partial charge in [0.15, 0.2) is 0 Å². The highest BCUT2D eigenvalue weighted by Crippen LogP contribution is 2.49. The van der Waals surface area contributed by atoms with Gasteiger partial charge in [-0.05, 0) is 49.6 Å². The number of benzene rings is 1. The van der Waals surface area contributed by atoms with E-state index >= 15 is 0 Å². The molecule has 2 aliphatic rings. The fourth-order valence-electron chi connectivity index (χ4n) is 4.37. The zero-order chi connectivity index (χ0) is 19.1. The van der Waals surface area contributed by atoms with E-state index in [0.29, 0.717) is 6.54 Å². The normalized spacial score (nSPS) is 22.2. The molecule has 1 aromatic rings. The summed E-state index contributed by atoms with van der Waals surface area (Å²) in [4.78, 5) is 10.9. The van der Waals surface area contributed by atoms with Crippen LogP contribution in [0.15, 0.2) is 27.7 Å². The van der Waals surface area contributed by atoms with Crippen LogP contribution in [0, 0.1) is 22.7 Å². The first kappa shape index (κ1) is 18.2. The van der Waals surface area contributed by atoms with E-state index in [0.717, 1.165) is 53.2 Å². The van der Waals surface area contributed by atoms with Gasteiger partial charge >= 0.3 is 0 Å². The fraction of sp³-hybridized carbons (Fsp3) is 0.476. The van der Waals surface area contributed by atoms with Crippen molar-refractivity contribution in [2.75, 3.05) is 25.0 Å². The van der Waals surface area contributed by atoms with Crippen LogP contribution in [0.1, 0.15) is 38.3 Å². The standard InChI is InChI=1S/C21H26N4O/c1-13(23-4)18-19(24-5)15-6-7-17(26)20(16(15)10-21(18,2)3)25-9-8-14(11-22)12-25/h6-7,14,26H,5,8-10,12H2,1-4H3.